The third-order valence-corrected chi connectivity index (χ3v) is 6.48. The average Bonchev–Trinajstić information content (AvgIpc) is 3.12. The maximum absolute atomic E-state index is 13.5. The zero-order chi connectivity index (χ0) is 22.0. The normalized spacial score (nSPS) is 13.5. The van der Waals surface area contributed by atoms with E-state index in [-0.39, 0.29) is 22.9 Å². The number of Topliss-reactive ketones (excluding diaryl/α,β-unsaturated/α-hetero) is 1. The van der Waals surface area contributed by atoms with Crippen molar-refractivity contribution in [2.45, 2.75) is 44.1 Å². The molecule has 3 rings (SSSR count). The van der Waals surface area contributed by atoms with Crippen molar-refractivity contribution in [1.29, 1.82) is 0 Å². The molecular formula is C23H28FN4OS+. The number of halogens is 1. The Morgan fingerprint density at radius 3 is 2.30 bits per heavy atom. The molecule has 0 saturated carbocycles. The van der Waals surface area contributed by atoms with Crippen LogP contribution in [0.1, 0.15) is 47.2 Å². The first-order chi connectivity index (χ1) is 14.2. The largest absolute Gasteiger partial charge is 0.331 e. The molecule has 1 N–H and O–H groups in total. The number of thioether (sulfide) groups is 1. The first-order valence-corrected chi connectivity index (χ1v) is 10.9. The molecule has 0 aliphatic carbocycles. The van der Waals surface area contributed by atoms with Gasteiger partial charge in [-0.1, -0.05) is 23.9 Å². The number of aryl methyl sites for hydroxylation is 2. The number of hydrogen-bond acceptors (Lipinski definition) is 4. The summed E-state index contributed by atoms with van der Waals surface area (Å²) in [6.07, 6.45) is 0. The van der Waals surface area contributed by atoms with Gasteiger partial charge in [-0.3, -0.25) is 9.36 Å². The third-order valence-electron chi connectivity index (χ3n) is 5.44. The van der Waals surface area contributed by atoms with Crippen LogP contribution in [0.2, 0.25) is 0 Å². The van der Waals surface area contributed by atoms with E-state index in [1.165, 1.54) is 28.8 Å². The van der Waals surface area contributed by atoms with Crippen LogP contribution >= 0.6 is 11.8 Å². The van der Waals surface area contributed by atoms with Gasteiger partial charge in [-0.2, -0.15) is 0 Å². The van der Waals surface area contributed by atoms with E-state index < -0.39 is 0 Å². The predicted octanol–water partition coefficient (Wildman–Crippen LogP) is 3.59. The van der Waals surface area contributed by atoms with Crippen molar-refractivity contribution < 1.29 is 14.1 Å². The van der Waals surface area contributed by atoms with Crippen LogP contribution < -0.4 is 4.90 Å². The van der Waals surface area contributed by atoms with Gasteiger partial charge in [0.25, 0.3) is 0 Å². The van der Waals surface area contributed by atoms with E-state index in [9.17, 15) is 9.18 Å². The Balaban J connectivity index is 1.95. The molecule has 1 heterocycles. The lowest BCUT2D eigenvalue weighted by Crippen LogP contribution is -3.05. The van der Waals surface area contributed by atoms with Crippen LogP contribution in [0.3, 0.4) is 0 Å². The number of carbonyl (C=O) groups excluding carboxylic acids is 1. The molecule has 30 heavy (non-hydrogen) atoms. The summed E-state index contributed by atoms with van der Waals surface area (Å²) >= 11 is 1.37. The van der Waals surface area contributed by atoms with Gasteiger partial charge in [0.05, 0.1) is 19.3 Å². The molecule has 158 valence electrons. The molecule has 1 aromatic heterocycles. The summed E-state index contributed by atoms with van der Waals surface area (Å²) in [5, 5.41) is 9.07. The molecule has 2 aromatic carbocycles. The monoisotopic (exact) mass is 427 g/mol. The summed E-state index contributed by atoms with van der Waals surface area (Å²) in [5.74, 6) is 0.520. The van der Waals surface area contributed by atoms with Crippen molar-refractivity contribution in [1.82, 2.24) is 14.8 Å². The van der Waals surface area contributed by atoms with Crippen molar-refractivity contribution in [3.05, 3.63) is 70.8 Å². The van der Waals surface area contributed by atoms with Gasteiger partial charge in [-0.25, -0.2) is 4.39 Å². The van der Waals surface area contributed by atoms with Crippen molar-refractivity contribution in [2.75, 3.05) is 14.1 Å². The Labute approximate surface area is 181 Å². The summed E-state index contributed by atoms with van der Waals surface area (Å²) in [4.78, 5) is 14.2. The van der Waals surface area contributed by atoms with Gasteiger partial charge in [-0.05, 0) is 69.2 Å². The second-order valence-electron chi connectivity index (χ2n) is 7.88. The maximum atomic E-state index is 13.5. The number of aromatic nitrogens is 3. The lowest BCUT2D eigenvalue weighted by molar-refractivity contribution is -0.890. The van der Waals surface area contributed by atoms with E-state index in [0.717, 1.165) is 22.6 Å². The van der Waals surface area contributed by atoms with Crippen LogP contribution in [-0.2, 0) is 0 Å². The van der Waals surface area contributed by atoms with E-state index in [1.54, 1.807) is 12.1 Å². The molecule has 2 atom stereocenters. The molecule has 0 unspecified atom stereocenters. The van der Waals surface area contributed by atoms with E-state index in [4.69, 9.17) is 0 Å². The van der Waals surface area contributed by atoms with Gasteiger partial charge in [0.2, 0.25) is 0 Å². The Morgan fingerprint density at radius 2 is 1.70 bits per heavy atom. The zero-order valence-electron chi connectivity index (χ0n) is 18.2. The van der Waals surface area contributed by atoms with Gasteiger partial charge in [0.15, 0.2) is 16.8 Å². The molecule has 0 saturated heterocycles. The number of carbonyl (C=O) groups is 1. The molecule has 5 nitrogen and oxygen atoms in total. The minimum absolute atomic E-state index is 0.0459. The Kier molecular flexibility index (Phi) is 6.73. The van der Waals surface area contributed by atoms with Crippen LogP contribution in [0.15, 0.2) is 47.6 Å². The molecule has 0 amide bonds. The SMILES string of the molecule is Cc1ccc(C(=O)[C@H](C)Sc2nnc([C@H](C)[NH+](C)C)n2-c2ccc(F)cc2)cc1C. The quantitative estimate of drug-likeness (QED) is 0.463. The van der Waals surface area contributed by atoms with Crippen LogP contribution in [-0.4, -0.2) is 39.9 Å². The van der Waals surface area contributed by atoms with Crippen LogP contribution in [0.5, 0.6) is 0 Å². The summed E-state index contributed by atoms with van der Waals surface area (Å²) < 4.78 is 15.4. The molecule has 3 aromatic rings. The average molecular weight is 428 g/mol. The lowest BCUT2D eigenvalue weighted by Gasteiger charge is -2.18. The number of nitrogens with zero attached hydrogens (tertiary/aromatic N) is 3. The van der Waals surface area contributed by atoms with Crippen LogP contribution in [0.25, 0.3) is 5.69 Å². The van der Waals surface area contributed by atoms with E-state index >= 15 is 0 Å². The van der Waals surface area contributed by atoms with Gasteiger partial charge >= 0.3 is 0 Å². The smallest absolute Gasteiger partial charge is 0.196 e. The number of ketones is 1. The number of hydrogen-bond donors (Lipinski definition) is 1. The summed E-state index contributed by atoms with van der Waals surface area (Å²) in [7, 11) is 4.10. The van der Waals surface area contributed by atoms with Crippen molar-refractivity contribution in [2.24, 2.45) is 0 Å². The van der Waals surface area contributed by atoms with E-state index in [2.05, 4.69) is 17.1 Å². The first kappa shape index (κ1) is 22.2. The second-order valence-corrected chi connectivity index (χ2v) is 9.18. The summed E-state index contributed by atoms with van der Waals surface area (Å²) in [5.41, 5.74) is 3.72. The van der Waals surface area contributed by atoms with Gasteiger partial charge < -0.3 is 4.90 Å². The molecule has 0 radical (unpaired) electrons. The van der Waals surface area contributed by atoms with Gasteiger partial charge in [0.1, 0.15) is 11.9 Å². The fourth-order valence-corrected chi connectivity index (χ4v) is 4.02. The van der Waals surface area contributed by atoms with Crippen molar-refractivity contribution in [3.8, 4) is 5.69 Å². The van der Waals surface area contributed by atoms with Crippen molar-refractivity contribution >= 4 is 17.5 Å². The predicted molar refractivity (Wildman–Crippen MR) is 118 cm³/mol. The lowest BCUT2D eigenvalue weighted by atomic mass is 10.0. The molecule has 7 heteroatoms. The molecular weight excluding hydrogens is 399 g/mol. The highest BCUT2D eigenvalue weighted by Crippen LogP contribution is 2.29. The summed E-state index contributed by atoms with van der Waals surface area (Å²) in [6, 6.07) is 12.1. The van der Waals surface area contributed by atoms with E-state index in [1.807, 2.05) is 57.6 Å². The third kappa shape index (κ3) is 4.63. The Hall–Kier alpha value is -2.51. The van der Waals surface area contributed by atoms with E-state index in [0.29, 0.717) is 10.7 Å². The standard InChI is InChI=1S/C23H27FN4OS/c1-14-7-8-18(13-15(14)2)21(29)17(4)30-23-26-25-22(16(3)27(5)6)28(23)20-11-9-19(24)10-12-20/h7-13,16-17H,1-6H3/p+1/t16-,17-/m0/s1. The minimum Gasteiger partial charge on any atom is -0.331 e. The number of nitrogens with one attached hydrogen (secondary N) is 1. The highest BCUT2D eigenvalue weighted by molar-refractivity contribution is 8.00. The maximum Gasteiger partial charge on any atom is 0.196 e. The molecule has 0 aliphatic rings. The molecule has 0 fully saturated rings. The second kappa shape index (κ2) is 9.10. The number of benzene rings is 2. The fraction of sp³-hybridized carbons (Fsp3) is 0.348. The first-order valence-electron chi connectivity index (χ1n) is 9.98. The molecule has 0 aliphatic heterocycles. The molecule has 0 spiro atoms. The van der Waals surface area contributed by atoms with Gasteiger partial charge in [0, 0.05) is 11.3 Å². The fourth-order valence-electron chi connectivity index (χ4n) is 3.07. The Morgan fingerprint density at radius 1 is 1.03 bits per heavy atom. The highest BCUT2D eigenvalue weighted by atomic mass is 32.2. The van der Waals surface area contributed by atoms with Crippen LogP contribution in [0.4, 0.5) is 4.39 Å². The number of rotatable bonds is 7. The molecule has 0 bridgehead atoms. The van der Waals surface area contributed by atoms with Gasteiger partial charge in [-0.15, -0.1) is 10.2 Å². The summed E-state index contributed by atoms with van der Waals surface area (Å²) in [6.45, 7) is 7.98. The number of quaternary nitrogens is 1. The minimum atomic E-state index is -0.342. The topological polar surface area (TPSA) is 52.2 Å². The Bertz CT molecular complexity index is 1050. The highest BCUT2D eigenvalue weighted by Gasteiger charge is 2.26. The van der Waals surface area contributed by atoms with Crippen molar-refractivity contribution in [3.63, 3.8) is 0 Å². The zero-order valence-corrected chi connectivity index (χ0v) is 19.0. The van der Waals surface area contributed by atoms with Crippen LogP contribution in [0, 0.1) is 19.7 Å².